The number of imide groups is 1. The molecule has 1 aromatic carbocycles. The van der Waals surface area contributed by atoms with Gasteiger partial charge >= 0.3 is 12.2 Å². The number of benzene rings is 1. The summed E-state index contributed by atoms with van der Waals surface area (Å²) in [6.07, 6.45) is -2.02. The van der Waals surface area contributed by atoms with Crippen LogP contribution in [0.4, 0.5) is 18.0 Å². The SMILES string of the molecule is CCCC1(CCC)NC(=O)N(Cc2nc(-c3cccc(C(F)(F)F)c3)no2)C1=O. The second-order valence-corrected chi connectivity index (χ2v) is 6.99. The zero-order valence-corrected chi connectivity index (χ0v) is 16.0. The van der Waals surface area contributed by atoms with E-state index in [9.17, 15) is 22.8 Å². The van der Waals surface area contributed by atoms with Crippen LogP contribution in [0, 0.1) is 0 Å². The molecule has 2 aromatic rings. The molecule has 1 aromatic heterocycles. The number of aromatic nitrogens is 2. The molecule has 1 aliphatic heterocycles. The second-order valence-electron chi connectivity index (χ2n) is 6.99. The third-order valence-corrected chi connectivity index (χ3v) is 4.81. The van der Waals surface area contributed by atoms with Gasteiger partial charge in [0, 0.05) is 5.56 Å². The van der Waals surface area contributed by atoms with Crippen LogP contribution in [0.2, 0.25) is 0 Å². The van der Waals surface area contributed by atoms with Crippen LogP contribution in [0.3, 0.4) is 0 Å². The number of carbonyl (C=O) groups excluding carboxylic acids is 2. The standard InChI is InChI=1S/C19H21F3N4O3/c1-3-8-18(9-4-2)16(27)26(17(28)24-18)11-14-23-15(25-29-14)12-6-5-7-13(10-12)19(20,21)22/h5-7,10H,3-4,8-9,11H2,1-2H3,(H,24,28). The number of nitrogens with one attached hydrogen (secondary N) is 1. The predicted molar refractivity (Wildman–Crippen MR) is 96.4 cm³/mol. The zero-order valence-electron chi connectivity index (χ0n) is 16.0. The fraction of sp³-hybridized carbons (Fsp3) is 0.474. The summed E-state index contributed by atoms with van der Waals surface area (Å²) < 4.78 is 43.7. The normalized spacial score (nSPS) is 16.4. The van der Waals surface area contributed by atoms with E-state index in [0.717, 1.165) is 29.9 Å². The number of amides is 3. The average Bonchev–Trinajstić information content (AvgIpc) is 3.21. The molecule has 2 heterocycles. The van der Waals surface area contributed by atoms with Crippen molar-refractivity contribution in [2.45, 2.75) is 57.8 Å². The van der Waals surface area contributed by atoms with Crippen molar-refractivity contribution in [2.24, 2.45) is 0 Å². The predicted octanol–water partition coefficient (Wildman–Crippen LogP) is 4.15. The van der Waals surface area contributed by atoms with Gasteiger partial charge in [-0.3, -0.25) is 9.69 Å². The van der Waals surface area contributed by atoms with Gasteiger partial charge in [0.25, 0.3) is 5.91 Å². The molecule has 29 heavy (non-hydrogen) atoms. The summed E-state index contributed by atoms with van der Waals surface area (Å²) in [5, 5.41) is 6.46. The molecule has 0 spiro atoms. The van der Waals surface area contributed by atoms with E-state index in [4.69, 9.17) is 4.52 Å². The highest BCUT2D eigenvalue weighted by molar-refractivity contribution is 6.06. The maximum absolute atomic E-state index is 12.9. The summed E-state index contributed by atoms with van der Waals surface area (Å²) in [5.74, 6) is -0.443. The number of urea groups is 1. The molecule has 1 aliphatic rings. The lowest BCUT2D eigenvalue weighted by atomic mass is 9.88. The van der Waals surface area contributed by atoms with Gasteiger partial charge < -0.3 is 9.84 Å². The highest BCUT2D eigenvalue weighted by Crippen LogP contribution is 2.32. The third kappa shape index (κ3) is 4.10. The fourth-order valence-corrected chi connectivity index (χ4v) is 3.54. The Labute approximate surface area is 165 Å². The molecule has 0 bridgehead atoms. The van der Waals surface area contributed by atoms with Crippen molar-refractivity contribution in [3.05, 3.63) is 35.7 Å². The first-order valence-electron chi connectivity index (χ1n) is 9.34. The van der Waals surface area contributed by atoms with Gasteiger partial charge in [0.1, 0.15) is 12.1 Å². The summed E-state index contributed by atoms with van der Waals surface area (Å²) in [4.78, 5) is 30.3. The Bertz CT molecular complexity index is 904. The van der Waals surface area contributed by atoms with Crippen molar-refractivity contribution in [2.75, 3.05) is 0 Å². The van der Waals surface area contributed by atoms with Gasteiger partial charge in [-0.1, -0.05) is 44.0 Å². The van der Waals surface area contributed by atoms with Crippen molar-refractivity contribution < 1.29 is 27.3 Å². The summed E-state index contributed by atoms with van der Waals surface area (Å²) in [6, 6.07) is 3.98. The average molecular weight is 410 g/mol. The molecule has 10 heteroatoms. The Balaban J connectivity index is 1.80. The lowest BCUT2D eigenvalue weighted by molar-refractivity contribution is -0.137. The zero-order chi connectivity index (χ0) is 21.2. The van der Waals surface area contributed by atoms with E-state index in [0.29, 0.717) is 12.8 Å². The number of hydrogen-bond acceptors (Lipinski definition) is 5. The molecule has 3 amide bonds. The summed E-state index contributed by atoms with van der Waals surface area (Å²) >= 11 is 0. The second kappa shape index (κ2) is 7.84. The first-order chi connectivity index (χ1) is 13.7. The summed E-state index contributed by atoms with van der Waals surface area (Å²) in [5.41, 5.74) is -1.65. The maximum Gasteiger partial charge on any atom is 0.416 e. The van der Waals surface area contributed by atoms with Crippen LogP contribution >= 0.6 is 0 Å². The molecular weight excluding hydrogens is 389 g/mol. The van der Waals surface area contributed by atoms with E-state index in [2.05, 4.69) is 15.5 Å². The topological polar surface area (TPSA) is 88.3 Å². The smallest absolute Gasteiger partial charge is 0.337 e. The monoisotopic (exact) mass is 410 g/mol. The molecule has 1 saturated heterocycles. The van der Waals surface area contributed by atoms with E-state index >= 15 is 0 Å². The van der Waals surface area contributed by atoms with E-state index in [1.165, 1.54) is 12.1 Å². The van der Waals surface area contributed by atoms with Gasteiger partial charge in [-0.2, -0.15) is 18.2 Å². The fourth-order valence-electron chi connectivity index (χ4n) is 3.54. The molecule has 0 unspecified atom stereocenters. The first kappa shape index (κ1) is 20.8. The van der Waals surface area contributed by atoms with Gasteiger partial charge in [-0.05, 0) is 25.0 Å². The largest absolute Gasteiger partial charge is 0.416 e. The number of carbonyl (C=O) groups is 2. The Morgan fingerprint density at radius 1 is 1.17 bits per heavy atom. The molecule has 0 saturated carbocycles. The van der Waals surface area contributed by atoms with Crippen LogP contribution in [0.5, 0.6) is 0 Å². The molecule has 1 fully saturated rings. The lowest BCUT2D eigenvalue weighted by Gasteiger charge is -2.25. The quantitative estimate of drug-likeness (QED) is 0.693. The van der Waals surface area contributed by atoms with E-state index < -0.39 is 23.3 Å². The maximum atomic E-state index is 12.9. The number of hydrogen-bond donors (Lipinski definition) is 1. The molecule has 1 N–H and O–H groups in total. The number of halogens is 3. The number of alkyl halides is 3. The van der Waals surface area contributed by atoms with Crippen LogP contribution < -0.4 is 5.32 Å². The molecule has 156 valence electrons. The van der Waals surface area contributed by atoms with Crippen molar-refractivity contribution in [1.82, 2.24) is 20.4 Å². The minimum absolute atomic E-state index is 0.0373. The Morgan fingerprint density at radius 3 is 2.48 bits per heavy atom. The molecular formula is C19H21F3N4O3. The van der Waals surface area contributed by atoms with Crippen LogP contribution in [0.1, 0.15) is 51.0 Å². The molecule has 7 nitrogen and oxygen atoms in total. The Kier molecular flexibility index (Phi) is 5.63. The summed E-state index contributed by atoms with van der Waals surface area (Å²) in [7, 11) is 0. The van der Waals surface area contributed by atoms with Crippen molar-refractivity contribution in [3.63, 3.8) is 0 Å². The van der Waals surface area contributed by atoms with Gasteiger partial charge in [0.15, 0.2) is 0 Å². The lowest BCUT2D eigenvalue weighted by Crippen LogP contribution is -2.46. The van der Waals surface area contributed by atoms with Crippen LogP contribution in [0.15, 0.2) is 28.8 Å². The highest BCUT2D eigenvalue weighted by Gasteiger charge is 2.50. The van der Waals surface area contributed by atoms with E-state index in [1.807, 2.05) is 13.8 Å². The molecule has 3 rings (SSSR count). The number of rotatable bonds is 7. The Hall–Kier alpha value is -2.91. The van der Waals surface area contributed by atoms with Crippen LogP contribution in [-0.2, 0) is 17.5 Å². The Morgan fingerprint density at radius 2 is 1.86 bits per heavy atom. The summed E-state index contributed by atoms with van der Waals surface area (Å²) in [6.45, 7) is 3.61. The van der Waals surface area contributed by atoms with Gasteiger partial charge in [0.2, 0.25) is 11.7 Å². The van der Waals surface area contributed by atoms with Gasteiger partial charge in [0.05, 0.1) is 5.56 Å². The minimum atomic E-state index is -4.50. The third-order valence-electron chi connectivity index (χ3n) is 4.81. The van der Waals surface area contributed by atoms with E-state index in [-0.39, 0.29) is 29.7 Å². The van der Waals surface area contributed by atoms with Gasteiger partial charge in [-0.25, -0.2) is 4.79 Å². The van der Waals surface area contributed by atoms with Crippen LogP contribution in [-0.4, -0.2) is 32.5 Å². The van der Waals surface area contributed by atoms with Crippen molar-refractivity contribution >= 4 is 11.9 Å². The molecule has 0 radical (unpaired) electrons. The molecule has 0 atom stereocenters. The van der Waals surface area contributed by atoms with Crippen molar-refractivity contribution in [3.8, 4) is 11.4 Å². The van der Waals surface area contributed by atoms with Crippen LogP contribution in [0.25, 0.3) is 11.4 Å². The van der Waals surface area contributed by atoms with E-state index in [1.54, 1.807) is 0 Å². The highest BCUT2D eigenvalue weighted by atomic mass is 19.4. The number of nitrogens with zero attached hydrogens (tertiary/aromatic N) is 3. The molecule has 0 aliphatic carbocycles. The minimum Gasteiger partial charge on any atom is -0.337 e. The first-order valence-corrected chi connectivity index (χ1v) is 9.34. The van der Waals surface area contributed by atoms with Gasteiger partial charge in [-0.15, -0.1) is 0 Å². The van der Waals surface area contributed by atoms with Crippen molar-refractivity contribution in [1.29, 1.82) is 0 Å².